The van der Waals surface area contributed by atoms with Crippen LogP contribution in [0.2, 0.25) is 0 Å². The van der Waals surface area contributed by atoms with Gasteiger partial charge in [-0.15, -0.1) is 11.3 Å². The van der Waals surface area contributed by atoms with E-state index in [1.807, 2.05) is 35.7 Å². The molecule has 5 rings (SSSR count). The second-order valence-electron chi connectivity index (χ2n) is 8.46. The molecule has 2 aromatic rings. The van der Waals surface area contributed by atoms with Crippen molar-refractivity contribution >= 4 is 22.7 Å². The number of amidine groups is 1. The van der Waals surface area contributed by atoms with Gasteiger partial charge in [-0.2, -0.15) is 0 Å². The van der Waals surface area contributed by atoms with Gasteiger partial charge in [0.25, 0.3) is 0 Å². The van der Waals surface area contributed by atoms with Crippen LogP contribution in [0.3, 0.4) is 0 Å². The Morgan fingerprint density at radius 2 is 1.93 bits per heavy atom. The van der Waals surface area contributed by atoms with E-state index in [2.05, 4.69) is 9.80 Å². The van der Waals surface area contributed by atoms with E-state index in [0.717, 1.165) is 22.8 Å². The van der Waals surface area contributed by atoms with Gasteiger partial charge in [0.05, 0.1) is 17.8 Å². The van der Waals surface area contributed by atoms with Crippen molar-refractivity contribution in [1.29, 1.82) is 5.41 Å². The van der Waals surface area contributed by atoms with Crippen LogP contribution in [0, 0.1) is 11.3 Å². The monoisotopic (exact) mass is 408 g/mol. The van der Waals surface area contributed by atoms with Gasteiger partial charge in [0.1, 0.15) is 16.6 Å². The molecule has 0 amide bonds. The molecule has 5 nitrogen and oxygen atoms in total. The molecule has 152 valence electrons. The highest BCUT2D eigenvalue weighted by molar-refractivity contribution is 7.11. The molecule has 4 heterocycles. The van der Waals surface area contributed by atoms with Crippen LogP contribution in [0.25, 0.3) is 16.8 Å². The van der Waals surface area contributed by atoms with Crippen molar-refractivity contribution in [2.75, 3.05) is 26.2 Å². The van der Waals surface area contributed by atoms with Crippen molar-refractivity contribution in [3.8, 4) is 11.3 Å². The smallest absolute Gasteiger partial charge is 0.135 e. The Bertz CT molecular complexity index is 920. The molecule has 3 aliphatic heterocycles. The lowest BCUT2D eigenvalue weighted by atomic mass is 9.83. The molecule has 0 saturated carbocycles. The molecule has 3 aliphatic rings. The zero-order chi connectivity index (χ0) is 19.8. The number of fused-ring (bicyclic) bond motifs is 1. The van der Waals surface area contributed by atoms with Crippen molar-refractivity contribution in [1.82, 2.24) is 14.8 Å². The van der Waals surface area contributed by atoms with Gasteiger partial charge in [-0.1, -0.05) is 36.8 Å². The Morgan fingerprint density at radius 1 is 1.10 bits per heavy atom. The SMILES string of the molecule is N=C1C(c2nc(-c3ccccc3)cs2)=C(O)CN1CC1CCCN2CCCCC12. The lowest BCUT2D eigenvalue weighted by Crippen LogP contribution is -2.51. The van der Waals surface area contributed by atoms with Crippen LogP contribution in [0.4, 0.5) is 0 Å². The number of piperidine rings is 2. The van der Waals surface area contributed by atoms with E-state index in [0.29, 0.717) is 35.7 Å². The largest absolute Gasteiger partial charge is 0.510 e. The van der Waals surface area contributed by atoms with Gasteiger partial charge in [-0.05, 0) is 44.7 Å². The molecule has 0 aliphatic carbocycles. The maximum Gasteiger partial charge on any atom is 0.135 e. The van der Waals surface area contributed by atoms with Gasteiger partial charge in [0.2, 0.25) is 0 Å². The van der Waals surface area contributed by atoms with Crippen LogP contribution in [0.5, 0.6) is 0 Å². The maximum atomic E-state index is 10.7. The van der Waals surface area contributed by atoms with Gasteiger partial charge < -0.3 is 14.9 Å². The van der Waals surface area contributed by atoms with Crippen LogP contribution in [-0.2, 0) is 0 Å². The highest BCUT2D eigenvalue weighted by Gasteiger charge is 2.37. The van der Waals surface area contributed by atoms with Gasteiger partial charge in [-0.3, -0.25) is 5.41 Å². The fourth-order valence-electron chi connectivity index (χ4n) is 5.22. The summed E-state index contributed by atoms with van der Waals surface area (Å²) in [5.41, 5.74) is 2.59. The third-order valence-electron chi connectivity index (χ3n) is 6.65. The molecule has 1 aromatic carbocycles. The number of aliphatic hydroxyl groups excluding tert-OH is 1. The molecule has 1 aromatic heterocycles. The van der Waals surface area contributed by atoms with Crippen molar-refractivity contribution in [3.05, 3.63) is 46.5 Å². The molecule has 6 heteroatoms. The van der Waals surface area contributed by atoms with Crippen molar-refractivity contribution in [2.45, 2.75) is 38.1 Å². The normalized spacial score (nSPS) is 25.5. The molecule has 2 fully saturated rings. The summed E-state index contributed by atoms with van der Waals surface area (Å²) in [6, 6.07) is 10.7. The predicted molar refractivity (Wildman–Crippen MR) is 118 cm³/mol. The maximum absolute atomic E-state index is 10.7. The summed E-state index contributed by atoms with van der Waals surface area (Å²) in [6.45, 7) is 3.77. The van der Waals surface area contributed by atoms with Crippen molar-refractivity contribution in [2.24, 2.45) is 5.92 Å². The molecule has 0 spiro atoms. The Morgan fingerprint density at radius 3 is 2.79 bits per heavy atom. The van der Waals surface area contributed by atoms with E-state index in [1.54, 1.807) is 0 Å². The van der Waals surface area contributed by atoms with Crippen LogP contribution in [0.15, 0.2) is 41.5 Å². The first kappa shape index (κ1) is 18.8. The van der Waals surface area contributed by atoms with Gasteiger partial charge in [0, 0.05) is 23.5 Å². The fourth-order valence-corrected chi connectivity index (χ4v) is 6.11. The summed E-state index contributed by atoms with van der Waals surface area (Å²) in [5.74, 6) is 1.32. The van der Waals surface area contributed by atoms with Crippen molar-refractivity contribution in [3.63, 3.8) is 0 Å². The number of aromatic nitrogens is 1. The van der Waals surface area contributed by atoms with Gasteiger partial charge >= 0.3 is 0 Å². The number of aliphatic hydroxyl groups is 1. The quantitative estimate of drug-likeness (QED) is 0.774. The number of rotatable bonds is 4. The molecule has 0 bridgehead atoms. The first-order valence-corrected chi connectivity index (χ1v) is 11.6. The lowest BCUT2D eigenvalue weighted by molar-refractivity contribution is 0.0504. The minimum absolute atomic E-state index is 0.292. The topological polar surface area (TPSA) is 63.5 Å². The highest BCUT2D eigenvalue weighted by Crippen LogP contribution is 2.35. The number of nitrogens with one attached hydrogen (secondary N) is 1. The van der Waals surface area contributed by atoms with Gasteiger partial charge in [0.15, 0.2) is 0 Å². The van der Waals surface area contributed by atoms with E-state index in [4.69, 9.17) is 10.4 Å². The predicted octanol–water partition coefficient (Wildman–Crippen LogP) is 4.64. The van der Waals surface area contributed by atoms with Crippen molar-refractivity contribution < 1.29 is 5.11 Å². The Kier molecular flexibility index (Phi) is 5.14. The summed E-state index contributed by atoms with van der Waals surface area (Å²) in [5, 5.41) is 22.2. The first-order chi connectivity index (χ1) is 14.2. The number of thiazole rings is 1. The minimum Gasteiger partial charge on any atom is -0.510 e. The lowest BCUT2D eigenvalue weighted by Gasteiger charge is -2.45. The number of hydrogen-bond acceptors (Lipinski definition) is 5. The summed E-state index contributed by atoms with van der Waals surface area (Å²) in [6.07, 6.45) is 6.41. The molecular weight excluding hydrogens is 380 g/mol. The number of hydrogen-bond donors (Lipinski definition) is 2. The molecule has 29 heavy (non-hydrogen) atoms. The summed E-state index contributed by atoms with van der Waals surface area (Å²) in [7, 11) is 0. The average molecular weight is 409 g/mol. The molecule has 2 saturated heterocycles. The highest BCUT2D eigenvalue weighted by atomic mass is 32.1. The fraction of sp³-hybridized carbons (Fsp3) is 0.478. The Labute approximate surface area is 176 Å². The second kappa shape index (κ2) is 7.92. The summed E-state index contributed by atoms with van der Waals surface area (Å²) >= 11 is 1.51. The third kappa shape index (κ3) is 3.60. The van der Waals surface area contributed by atoms with E-state index in [-0.39, 0.29) is 0 Å². The van der Waals surface area contributed by atoms with Crippen LogP contribution >= 0.6 is 11.3 Å². The Hall–Kier alpha value is -2.18. The standard InChI is InChI=1S/C23H28N4OS/c24-22-21(23-25-18(15-29-23)16-7-2-1-3-8-16)20(28)14-27(22)13-17-9-6-12-26-11-5-4-10-19(17)26/h1-3,7-8,15,17,19,24,28H,4-6,9-14H2. The number of nitrogens with zero attached hydrogens (tertiary/aromatic N) is 3. The zero-order valence-electron chi connectivity index (χ0n) is 16.7. The molecule has 0 radical (unpaired) electrons. The molecule has 2 atom stereocenters. The third-order valence-corrected chi connectivity index (χ3v) is 7.51. The first-order valence-electron chi connectivity index (χ1n) is 10.7. The van der Waals surface area contributed by atoms with Gasteiger partial charge in [-0.25, -0.2) is 4.98 Å². The number of benzene rings is 1. The summed E-state index contributed by atoms with van der Waals surface area (Å²) < 4.78 is 0. The molecule has 2 N–H and O–H groups in total. The molecule has 2 unspecified atom stereocenters. The van der Waals surface area contributed by atoms with E-state index in [1.165, 1.54) is 56.5 Å². The van der Waals surface area contributed by atoms with E-state index in [9.17, 15) is 5.11 Å². The second-order valence-corrected chi connectivity index (χ2v) is 9.31. The molecular formula is C23H28N4OS. The van der Waals surface area contributed by atoms with Crippen LogP contribution in [-0.4, -0.2) is 57.9 Å². The summed E-state index contributed by atoms with van der Waals surface area (Å²) in [4.78, 5) is 9.47. The van der Waals surface area contributed by atoms with Crippen LogP contribution in [0.1, 0.15) is 37.1 Å². The van der Waals surface area contributed by atoms with E-state index >= 15 is 0 Å². The van der Waals surface area contributed by atoms with E-state index < -0.39 is 0 Å². The van der Waals surface area contributed by atoms with Crippen LogP contribution < -0.4 is 0 Å². The minimum atomic E-state index is 0.292. The average Bonchev–Trinajstić information content (AvgIpc) is 3.33. The zero-order valence-corrected chi connectivity index (χ0v) is 17.5. The Balaban J connectivity index is 1.31.